The maximum absolute atomic E-state index is 10.5. The number of nitrogens with zero attached hydrogens (tertiary/aromatic N) is 2. The molecule has 12 heavy (non-hydrogen) atoms. The number of hydrogen-bond acceptors (Lipinski definition) is 3. The molecule has 0 aliphatic carbocycles. The van der Waals surface area contributed by atoms with Crippen molar-refractivity contribution in [3.8, 4) is 0 Å². The molecule has 0 aromatic carbocycles. The lowest BCUT2D eigenvalue weighted by atomic mass is 10.1. The monoisotopic (exact) mass is 191 g/mol. The van der Waals surface area contributed by atoms with E-state index in [1.165, 1.54) is 4.31 Å². The molecular formula is C7H15N2O2S-. The lowest BCUT2D eigenvalue weighted by molar-refractivity contribution is 0.349. The van der Waals surface area contributed by atoms with Crippen LogP contribution in [0, 0.1) is 5.92 Å². The van der Waals surface area contributed by atoms with E-state index in [2.05, 4.69) is 11.9 Å². The third kappa shape index (κ3) is 2.82. The van der Waals surface area contributed by atoms with Crippen LogP contribution >= 0.6 is 0 Å². The first-order valence-corrected chi connectivity index (χ1v) is 5.12. The van der Waals surface area contributed by atoms with E-state index in [0.717, 1.165) is 19.5 Å². The van der Waals surface area contributed by atoms with E-state index in [0.29, 0.717) is 12.5 Å². The van der Waals surface area contributed by atoms with Gasteiger partial charge in [-0.3, -0.25) is 4.21 Å². The van der Waals surface area contributed by atoms with Crippen molar-refractivity contribution in [3.05, 3.63) is 0 Å². The van der Waals surface area contributed by atoms with Gasteiger partial charge in [-0.2, -0.15) is 0 Å². The van der Waals surface area contributed by atoms with Crippen LogP contribution in [0.25, 0.3) is 0 Å². The summed E-state index contributed by atoms with van der Waals surface area (Å²) < 4.78 is 22.3. The van der Waals surface area contributed by atoms with Gasteiger partial charge in [-0.05, 0) is 33.0 Å². The van der Waals surface area contributed by atoms with Gasteiger partial charge in [-0.15, -0.1) is 0 Å². The second-order valence-electron chi connectivity index (χ2n) is 3.44. The van der Waals surface area contributed by atoms with E-state index >= 15 is 0 Å². The fraction of sp³-hybridized carbons (Fsp3) is 1.00. The molecule has 4 nitrogen and oxygen atoms in total. The SMILES string of the molecule is CN1CC[C@H](CN(C)S(=O)[O-])C1. The average molecular weight is 191 g/mol. The topological polar surface area (TPSA) is 46.6 Å². The van der Waals surface area contributed by atoms with Gasteiger partial charge in [0, 0.05) is 24.4 Å². The Bertz CT molecular complexity index is 177. The molecule has 1 saturated heterocycles. The summed E-state index contributed by atoms with van der Waals surface area (Å²) in [6.07, 6.45) is 1.11. The van der Waals surface area contributed by atoms with Crippen molar-refractivity contribution in [1.82, 2.24) is 9.21 Å². The minimum Gasteiger partial charge on any atom is -0.760 e. The van der Waals surface area contributed by atoms with E-state index in [1.54, 1.807) is 7.05 Å². The van der Waals surface area contributed by atoms with Gasteiger partial charge >= 0.3 is 0 Å². The van der Waals surface area contributed by atoms with Crippen molar-refractivity contribution in [2.45, 2.75) is 6.42 Å². The molecule has 1 heterocycles. The highest BCUT2D eigenvalue weighted by Gasteiger charge is 2.20. The zero-order valence-electron chi connectivity index (χ0n) is 7.52. The Hall–Kier alpha value is 0.0300. The number of likely N-dealkylation sites (tertiary alicyclic amines) is 1. The molecule has 0 radical (unpaired) electrons. The summed E-state index contributed by atoms with van der Waals surface area (Å²) in [5.41, 5.74) is 0. The fourth-order valence-corrected chi connectivity index (χ4v) is 1.93. The smallest absolute Gasteiger partial charge is 0.0206 e. The molecule has 0 saturated carbocycles. The summed E-state index contributed by atoms with van der Waals surface area (Å²) in [6.45, 7) is 2.76. The molecule has 72 valence electrons. The number of hydrogen-bond donors (Lipinski definition) is 0. The first kappa shape index (κ1) is 10.1. The highest BCUT2D eigenvalue weighted by molar-refractivity contribution is 7.76. The van der Waals surface area contributed by atoms with Crippen molar-refractivity contribution < 1.29 is 8.76 Å². The average Bonchev–Trinajstić information content (AvgIpc) is 2.35. The predicted octanol–water partition coefficient (Wildman–Crippen LogP) is -0.336. The minimum absolute atomic E-state index is 0.512. The van der Waals surface area contributed by atoms with Gasteiger partial charge in [-0.1, -0.05) is 0 Å². The van der Waals surface area contributed by atoms with E-state index in [1.807, 2.05) is 0 Å². The summed E-state index contributed by atoms with van der Waals surface area (Å²) >= 11 is -2.05. The Morgan fingerprint density at radius 1 is 1.75 bits per heavy atom. The predicted molar refractivity (Wildman–Crippen MR) is 47.2 cm³/mol. The van der Waals surface area contributed by atoms with Crippen LogP contribution in [0.2, 0.25) is 0 Å². The molecule has 1 aliphatic heterocycles. The normalized spacial score (nSPS) is 28.2. The molecule has 0 N–H and O–H groups in total. The Balaban J connectivity index is 2.27. The Morgan fingerprint density at radius 3 is 2.83 bits per heavy atom. The van der Waals surface area contributed by atoms with Crippen LogP contribution < -0.4 is 0 Å². The molecule has 0 spiro atoms. The highest BCUT2D eigenvalue weighted by Crippen LogP contribution is 2.15. The molecule has 1 fully saturated rings. The van der Waals surface area contributed by atoms with Gasteiger partial charge in [0.1, 0.15) is 0 Å². The van der Waals surface area contributed by atoms with Crippen molar-refractivity contribution in [2.75, 3.05) is 33.7 Å². The quantitative estimate of drug-likeness (QED) is 0.574. The summed E-state index contributed by atoms with van der Waals surface area (Å²) in [6, 6.07) is 0. The molecule has 1 aliphatic rings. The van der Waals surface area contributed by atoms with Crippen LogP contribution in [-0.2, 0) is 11.3 Å². The molecule has 0 bridgehead atoms. The Labute approximate surface area is 76.0 Å². The fourth-order valence-electron chi connectivity index (χ4n) is 1.60. The summed E-state index contributed by atoms with van der Waals surface area (Å²) in [5, 5.41) is 0. The largest absolute Gasteiger partial charge is 0.760 e. The van der Waals surface area contributed by atoms with Crippen molar-refractivity contribution in [1.29, 1.82) is 0 Å². The van der Waals surface area contributed by atoms with E-state index in [9.17, 15) is 8.76 Å². The van der Waals surface area contributed by atoms with Crippen LogP contribution in [0.3, 0.4) is 0 Å². The maximum Gasteiger partial charge on any atom is 0.0206 e. The van der Waals surface area contributed by atoms with Crippen molar-refractivity contribution >= 4 is 11.3 Å². The second-order valence-corrected chi connectivity index (χ2v) is 4.50. The van der Waals surface area contributed by atoms with Crippen molar-refractivity contribution in [2.24, 2.45) is 5.92 Å². The van der Waals surface area contributed by atoms with Gasteiger partial charge in [0.05, 0.1) is 0 Å². The molecule has 0 aromatic heterocycles. The van der Waals surface area contributed by atoms with E-state index in [4.69, 9.17) is 0 Å². The lowest BCUT2D eigenvalue weighted by Crippen LogP contribution is -2.28. The summed E-state index contributed by atoms with van der Waals surface area (Å²) in [4.78, 5) is 2.23. The summed E-state index contributed by atoms with van der Waals surface area (Å²) in [5.74, 6) is 0.512. The third-order valence-electron chi connectivity index (χ3n) is 2.26. The van der Waals surface area contributed by atoms with Crippen LogP contribution in [-0.4, -0.2) is 51.7 Å². The van der Waals surface area contributed by atoms with Crippen LogP contribution in [0.15, 0.2) is 0 Å². The first-order chi connectivity index (χ1) is 5.59. The van der Waals surface area contributed by atoms with Crippen LogP contribution in [0.4, 0.5) is 0 Å². The lowest BCUT2D eigenvalue weighted by Gasteiger charge is -2.22. The van der Waals surface area contributed by atoms with Gasteiger partial charge in [0.15, 0.2) is 0 Å². The van der Waals surface area contributed by atoms with Gasteiger partial charge < -0.3 is 9.45 Å². The molecule has 0 amide bonds. The molecule has 1 rings (SSSR count). The standard InChI is InChI=1S/C7H16N2O2S/c1-8-4-3-7(5-8)6-9(2)12(10)11/h7H,3-6H2,1-2H3,(H,10,11)/p-1/t7-/m0/s1. The van der Waals surface area contributed by atoms with E-state index < -0.39 is 11.3 Å². The van der Waals surface area contributed by atoms with Gasteiger partial charge in [0.2, 0.25) is 0 Å². The zero-order chi connectivity index (χ0) is 9.14. The van der Waals surface area contributed by atoms with Crippen LogP contribution in [0.5, 0.6) is 0 Å². The second kappa shape index (κ2) is 4.32. The van der Waals surface area contributed by atoms with E-state index in [-0.39, 0.29) is 0 Å². The molecule has 1 unspecified atom stereocenters. The Morgan fingerprint density at radius 2 is 2.42 bits per heavy atom. The van der Waals surface area contributed by atoms with Crippen molar-refractivity contribution in [3.63, 3.8) is 0 Å². The zero-order valence-corrected chi connectivity index (χ0v) is 8.34. The minimum atomic E-state index is -2.05. The third-order valence-corrected chi connectivity index (χ3v) is 2.92. The first-order valence-electron chi connectivity index (χ1n) is 4.08. The van der Waals surface area contributed by atoms with Crippen LogP contribution in [0.1, 0.15) is 6.42 Å². The molecular weight excluding hydrogens is 176 g/mol. The highest BCUT2D eigenvalue weighted by atomic mass is 32.2. The van der Waals surface area contributed by atoms with Gasteiger partial charge in [-0.25, -0.2) is 4.31 Å². The molecule has 0 aromatic rings. The molecule has 5 heteroatoms. The maximum atomic E-state index is 10.5. The summed E-state index contributed by atoms with van der Waals surface area (Å²) in [7, 11) is 3.68. The van der Waals surface area contributed by atoms with Gasteiger partial charge in [0.25, 0.3) is 0 Å². The Kier molecular flexibility index (Phi) is 3.64. The molecule has 2 atom stereocenters. The number of rotatable bonds is 3.